The van der Waals surface area contributed by atoms with Gasteiger partial charge in [-0.3, -0.25) is 0 Å². The Kier molecular flexibility index (Phi) is 3.72. The molecule has 2 rings (SSSR count). The fourth-order valence-electron chi connectivity index (χ4n) is 1.53. The normalized spacial score (nSPS) is 12.2. The summed E-state index contributed by atoms with van der Waals surface area (Å²) in [7, 11) is 0. The summed E-state index contributed by atoms with van der Waals surface area (Å²) in [6.45, 7) is 0. The topological polar surface area (TPSA) is 23.8 Å². The molecule has 0 N–H and O–H groups in total. The van der Waals surface area contributed by atoms with Gasteiger partial charge in [0, 0.05) is 4.88 Å². The first-order valence-electron chi connectivity index (χ1n) is 5.33. The van der Waals surface area contributed by atoms with Crippen molar-refractivity contribution in [3.8, 4) is 6.07 Å². The van der Waals surface area contributed by atoms with Gasteiger partial charge in [-0.25, -0.2) is 0 Å². The van der Waals surface area contributed by atoms with Gasteiger partial charge in [0.15, 0.2) is 0 Å². The predicted molar refractivity (Wildman–Crippen MR) is 69.2 cm³/mol. The number of nitrogens with zero attached hydrogens (tertiary/aromatic N) is 1. The van der Waals surface area contributed by atoms with Crippen molar-refractivity contribution < 1.29 is 13.2 Å². The van der Waals surface area contributed by atoms with E-state index in [1.165, 1.54) is 23.5 Å². The molecule has 0 aliphatic heterocycles. The molecule has 1 nitrogen and oxygen atoms in total. The van der Waals surface area contributed by atoms with Crippen LogP contribution in [0.25, 0.3) is 11.6 Å². The van der Waals surface area contributed by atoms with Crippen molar-refractivity contribution in [2.45, 2.75) is 6.18 Å². The van der Waals surface area contributed by atoms with Crippen LogP contribution in [0.4, 0.5) is 13.2 Å². The molecule has 1 aromatic heterocycles. The molecule has 1 aromatic carbocycles. The van der Waals surface area contributed by atoms with Crippen molar-refractivity contribution >= 4 is 23.0 Å². The summed E-state index contributed by atoms with van der Waals surface area (Å²) in [4.78, 5) is 0.794. The smallest absolute Gasteiger partial charge is 0.192 e. The second kappa shape index (κ2) is 5.29. The molecular weight excluding hydrogens is 271 g/mol. The van der Waals surface area contributed by atoms with Crippen molar-refractivity contribution in [2.75, 3.05) is 0 Å². The molecular formula is C14H8F3NS. The Bertz CT molecular complexity index is 616. The molecule has 0 saturated carbocycles. The summed E-state index contributed by atoms with van der Waals surface area (Å²) in [5.41, 5.74) is 0.312. The number of rotatable bonds is 2. The Morgan fingerprint density at radius 2 is 1.84 bits per heavy atom. The van der Waals surface area contributed by atoms with Crippen LogP contribution in [0, 0.1) is 11.3 Å². The van der Waals surface area contributed by atoms with Crippen LogP contribution in [0.3, 0.4) is 0 Å². The number of thiophene rings is 1. The molecule has 0 bridgehead atoms. The van der Waals surface area contributed by atoms with Crippen molar-refractivity contribution in [3.63, 3.8) is 0 Å². The summed E-state index contributed by atoms with van der Waals surface area (Å²) in [6, 6.07) is 10.4. The van der Waals surface area contributed by atoms with E-state index < -0.39 is 11.7 Å². The van der Waals surface area contributed by atoms with Crippen LogP contribution in [0.15, 0.2) is 41.8 Å². The van der Waals surface area contributed by atoms with E-state index in [1.54, 1.807) is 12.1 Å². The van der Waals surface area contributed by atoms with E-state index in [9.17, 15) is 13.2 Å². The van der Waals surface area contributed by atoms with E-state index >= 15 is 0 Å². The van der Waals surface area contributed by atoms with Gasteiger partial charge < -0.3 is 0 Å². The third kappa shape index (κ3) is 3.24. The summed E-state index contributed by atoms with van der Waals surface area (Å²) < 4.78 is 37.2. The molecule has 2 aromatic rings. The molecule has 1 heterocycles. The standard InChI is InChI=1S/C14H8F3NS/c15-14(16,17)12-5-3-10(4-6-12)8-11(9-18)13-2-1-7-19-13/h1-8H. The molecule has 0 spiro atoms. The highest BCUT2D eigenvalue weighted by Crippen LogP contribution is 2.30. The van der Waals surface area contributed by atoms with Crippen molar-refractivity contribution in [2.24, 2.45) is 0 Å². The molecule has 0 radical (unpaired) electrons. The first-order chi connectivity index (χ1) is 9.00. The third-order valence-corrected chi connectivity index (χ3v) is 3.36. The van der Waals surface area contributed by atoms with E-state index in [4.69, 9.17) is 5.26 Å². The van der Waals surface area contributed by atoms with E-state index in [0.717, 1.165) is 17.0 Å². The number of alkyl halides is 3. The maximum Gasteiger partial charge on any atom is 0.416 e. The molecule has 5 heteroatoms. The van der Waals surface area contributed by atoms with Crippen molar-refractivity contribution in [1.29, 1.82) is 5.26 Å². The minimum Gasteiger partial charge on any atom is -0.192 e. The van der Waals surface area contributed by atoms with Crippen LogP contribution in [-0.2, 0) is 6.18 Å². The lowest BCUT2D eigenvalue weighted by molar-refractivity contribution is -0.137. The van der Waals surface area contributed by atoms with Gasteiger partial charge >= 0.3 is 6.18 Å². The van der Waals surface area contributed by atoms with E-state index in [1.807, 2.05) is 17.5 Å². The summed E-state index contributed by atoms with van der Waals surface area (Å²) in [5.74, 6) is 0. The first-order valence-corrected chi connectivity index (χ1v) is 6.21. The SMILES string of the molecule is N#CC(=Cc1ccc(C(F)(F)F)cc1)c1cccs1. The number of hydrogen-bond acceptors (Lipinski definition) is 2. The van der Waals surface area contributed by atoms with Gasteiger partial charge in [0.25, 0.3) is 0 Å². The minimum absolute atomic E-state index is 0.440. The van der Waals surface area contributed by atoms with E-state index in [-0.39, 0.29) is 0 Å². The highest BCUT2D eigenvalue weighted by molar-refractivity contribution is 7.11. The lowest BCUT2D eigenvalue weighted by Crippen LogP contribution is -2.03. The van der Waals surface area contributed by atoms with Crippen molar-refractivity contribution in [1.82, 2.24) is 0 Å². The quantitative estimate of drug-likeness (QED) is 0.722. The largest absolute Gasteiger partial charge is 0.416 e. The highest BCUT2D eigenvalue weighted by Gasteiger charge is 2.29. The average Bonchev–Trinajstić information content (AvgIpc) is 2.89. The van der Waals surface area contributed by atoms with Crippen LogP contribution in [0.1, 0.15) is 16.0 Å². The molecule has 0 saturated heterocycles. The van der Waals surface area contributed by atoms with E-state index in [2.05, 4.69) is 0 Å². The third-order valence-electron chi connectivity index (χ3n) is 2.46. The molecule has 19 heavy (non-hydrogen) atoms. The van der Waals surface area contributed by atoms with Crippen LogP contribution in [0.2, 0.25) is 0 Å². The molecule has 96 valence electrons. The number of halogens is 3. The molecule has 0 aliphatic rings. The van der Waals surface area contributed by atoms with Gasteiger partial charge in [0.05, 0.1) is 11.1 Å². The van der Waals surface area contributed by atoms with E-state index in [0.29, 0.717) is 11.1 Å². The monoisotopic (exact) mass is 279 g/mol. The zero-order valence-electron chi connectivity index (χ0n) is 9.61. The first kappa shape index (κ1) is 13.4. The Hall–Kier alpha value is -2.06. The van der Waals surface area contributed by atoms with Crippen molar-refractivity contribution in [3.05, 3.63) is 57.8 Å². The van der Waals surface area contributed by atoms with Gasteiger partial charge in [0.2, 0.25) is 0 Å². The summed E-state index contributed by atoms with van der Waals surface area (Å²) >= 11 is 1.41. The number of nitriles is 1. The second-order valence-corrected chi connectivity index (χ2v) is 4.71. The molecule has 0 atom stereocenters. The molecule has 0 fully saturated rings. The van der Waals surface area contributed by atoms with Crippen LogP contribution in [-0.4, -0.2) is 0 Å². The average molecular weight is 279 g/mol. The number of benzene rings is 1. The fourth-order valence-corrected chi connectivity index (χ4v) is 2.22. The summed E-state index contributed by atoms with van der Waals surface area (Å²) in [6.07, 6.45) is -2.76. The van der Waals surface area contributed by atoms with Crippen LogP contribution in [0.5, 0.6) is 0 Å². The molecule has 0 aliphatic carbocycles. The van der Waals surface area contributed by atoms with Gasteiger partial charge in [-0.1, -0.05) is 18.2 Å². The predicted octanol–water partition coefficient (Wildman–Crippen LogP) is 4.83. The van der Waals surface area contributed by atoms with Gasteiger partial charge in [0.1, 0.15) is 6.07 Å². The van der Waals surface area contributed by atoms with Gasteiger partial charge in [-0.2, -0.15) is 18.4 Å². The highest BCUT2D eigenvalue weighted by atomic mass is 32.1. The zero-order valence-corrected chi connectivity index (χ0v) is 10.4. The second-order valence-electron chi connectivity index (χ2n) is 3.77. The molecule has 0 unspecified atom stereocenters. The maximum atomic E-state index is 12.4. The lowest BCUT2D eigenvalue weighted by Gasteiger charge is -2.06. The Morgan fingerprint density at radius 1 is 1.16 bits per heavy atom. The fraction of sp³-hybridized carbons (Fsp3) is 0.0714. The van der Waals surface area contributed by atoms with Gasteiger partial charge in [-0.15, -0.1) is 11.3 Å². The minimum atomic E-state index is -4.34. The Balaban J connectivity index is 2.31. The van der Waals surface area contributed by atoms with Gasteiger partial charge in [-0.05, 0) is 35.2 Å². The number of allylic oxidation sites excluding steroid dienone is 1. The number of hydrogen-bond donors (Lipinski definition) is 0. The summed E-state index contributed by atoms with van der Waals surface area (Å²) in [5, 5.41) is 10.9. The Labute approximate surface area is 112 Å². The van der Waals surface area contributed by atoms with Crippen LogP contribution >= 0.6 is 11.3 Å². The Morgan fingerprint density at radius 3 is 2.32 bits per heavy atom. The molecule has 0 amide bonds. The lowest BCUT2D eigenvalue weighted by atomic mass is 10.1. The maximum absolute atomic E-state index is 12.4. The van der Waals surface area contributed by atoms with Crippen LogP contribution < -0.4 is 0 Å². The zero-order chi connectivity index (χ0) is 13.9.